The first kappa shape index (κ1) is 27.9. The van der Waals surface area contributed by atoms with Crippen molar-refractivity contribution < 1.29 is 19.1 Å². The molecule has 0 heterocycles. The van der Waals surface area contributed by atoms with Gasteiger partial charge in [0.25, 0.3) is 0 Å². The molecule has 0 N–H and O–H groups in total. The molecule has 0 rings (SSSR count). The Balaban J connectivity index is 3.87. The van der Waals surface area contributed by atoms with Crippen molar-refractivity contribution in [2.75, 3.05) is 6.61 Å². The van der Waals surface area contributed by atoms with Gasteiger partial charge in [0.05, 0.1) is 6.61 Å². The predicted molar refractivity (Wildman–Crippen MR) is 121 cm³/mol. The van der Waals surface area contributed by atoms with Crippen LogP contribution in [-0.2, 0) is 19.1 Å². The zero-order chi connectivity index (χ0) is 21.6. The van der Waals surface area contributed by atoms with Gasteiger partial charge in [-0.3, -0.25) is 9.59 Å². The molecule has 0 aliphatic rings. The van der Waals surface area contributed by atoms with Crippen molar-refractivity contribution in [3.63, 3.8) is 0 Å². The fourth-order valence-electron chi connectivity index (χ4n) is 3.46. The molecular formula is C25H48O4. The van der Waals surface area contributed by atoms with Crippen molar-refractivity contribution in [1.29, 1.82) is 0 Å². The van der Waals surface area contributed by atoms with Crippen LogP contribution in [0.4, 0.5) is 0 Å². The SMILES string of the molecule is CCCCCCC(CCCCCCCCC(=O)OCCC)OC(=O)CCCCC. The summed E-state index contributed by atoms with van der Waals surface area (Å²) in [5, 5.41) is 0. The van der Waals surface area contributed by atoms with Crippen LogP contribution in [0.25, 0.3) is 0 Å². The minimum absolute atomic E-state index is 0.00565. The van der Waals surface area contributed by atoms with E-state index in [-0.39, 0.29) is 18.0 Å². The Kier molecular flexibility index (Phi) is 20.9. The number of carbonyl (C=O) groups excluding carboxylic acids is 2. The lowest BCUT2D eigenvalue weighted by Gasteiger charge is -2.18. The first-order chi connectivity index (χ1) is 14.1. The van der Waals surface area contributed by atoms with Gasteiger partial charge in [-0.25, -0.2) is 0 Å². The Morgan fingerprint density at radius 1 is 0.586 bits per heavy atom. The molecule has 0 saturated carbocycles. The van der Waals surface area contributed by atoms with Crippen molar-refractivity contribution in [2.45, 2.75) is 142 Å². The van der Waals surface area contributed by atoms with Gasteiger partial charge in [-0.05, 0) is 44.9 Å². The van der Waals surface area contributed by atoms with E-state index in [4.69, 9.17) is 9.47 Å². The van der Waals surface area contributed by atoms with Crippen molar-refractivity contribution in [2.24, 2.45) is 0 Å². The number of hydrogen-bond acceptors (Lipinski definition) is 4. The van der Waals surface area contributed by atoms with Gasteiger partial charge in [0.1, 0.15) is 6.10 Å². The molecule has 0 radical (unpaired) electrons. The summed E-state index contributed by atoms with van der Waals surface area (Å²) in [5.41, 5.74) is 0. The third-order valence-electron chi connectivity index (χ3n) is 5.29. The largest absolute Gasteiger partial charge is 0.466 e. The second-order valence-corrected chi connectivity index (χ2v) is 8.30. The molecule has 0 bridgehead atoms. The maximum atomic E-state index is 12.1. The molecular weight excluding hydrogens is 364 g/mol. The Bertz CT molecular complexity index is 381. The summed E-state index contributed by atoms with van der Waals surface area (Å²) in [6, 6.07) is 0. The molecule has 0 amide bonds. The van der Waals surface area contributed by atoms with Crippen LogP contribution < -0.4 is 0 Å². The lowest BCUT2D eigenvalue weighted by atomic mass is 10.0. The van der Waals surface area contributed by atoms with Crippen molar-refractivity contribution >= 4 is 11.9 Å². The van der Waals surface area contributed by atoms with E-state index in [0.717, 1.165) is 64.2 Å². The van der Waals surface area contributed by atoms with Crippen molar-refractivity contribution in [3.8, 4) is 0 Å². The summed E-state index contributed by atoms with van der Waals surface area (Å²) in [6.07, 6.45) is 18.9. The lowest BCUT2D eigenvalue weighted by Crippen LogP contribution is -2.18. The van der Waals surface area contributed by atoms with E-state index >= 15 is 0 Å². The van der Waals surface area contributed by atoms with Crippen LogP contribution in [-0.4, -0.2) is 24.6 Å². The van der Waals surface area contributed by atoms with E-state index in [1.165, 1.54) is 38.5 Å². The molecule has 4 nitrogen and oxygen atoms in total. The summed E-state index contributed by atoms with van der Waals surface area (Å²) in [4.78, 5) is 23.5. The number of rotatable bonds is 21. The summed E-state index contributed by atoms with van der Waals surface area (Å²) in [6.45, 7) is 6.93. The van der Waals surface area contributed by atoms with Gasteiger partial charge in [-0.2, -0.15) is 0 Å². The molecule has 0 aliphatic heterocycles. The Labute approximate surface area is 180 Å². The molecule has 4 heteroatoms. The van der Waals surface area contributed by atoms with E-state index < -0.39 is 0 Å². The van der Waals surface area contributed by atoms with Gasteiger partial charge < -0.3 is 9.47 Å². The van der Waals surface area contributed by atoms with Gasteiger partial charge in [0.2, 0.25) is 0 Å². The standard InChI is InChI=1S/C25H48O4/c1-4-7-9-15-18-23(29-25(27)21-14-8-5-2)19-16-12-10-11-13-17-20-24(26)28-22-6-3/h23H,4-22H2,1-3H3. The van der Waals surface area contributed by atoms with Gasteiger partial charge in [0.15, 0.2) is 0 Å². The Hall–Kier alpha value is -1.06. The van der Waals surface area contributed by atoms with Crippen LogP contribution in [0.1, 0.15) is 136 Å². The fraction of sp³-hybridized carbons (Fsp3) is 0.920. The molecule has 0 aromatic heterocycles. The fourth-order valence-corrected chi connectivity index (χ4v) is 3.46. The number of unbranched alkanes of at least 4 members (excludes halogenated alkanes) is 10. The highest BCUT2D eigenvalue weighted by Crippen LogP contribution is 2.17. The second-order valence-electron chi connectivity index (χ2n) is 8.30. The van der Waals surface area contributed by atoms with Crippen LogP contribution in [0, 0.1) is 0 Å². The zero-order valence-corrected chi connectivity index (χ0v) is 19.6. The Morgan fingerprint density at radius 2 is 1.07 bits per heavy atom. The van der Waals surface area contributed by atoms with Crippen LogP contribution >= 0.6 is 0 Å². The van der Waals surface area contributed by atoms with Crippen molar-refractivity contribution in [3.05, 3.63) is 0 Å². The molecule has 29 heavy (non-hydrogen) atoms. The number of carbonyl (C=O) groups is 2. The van der Waals surface area contributed by atoms with Gasteiger partial charge in [-0.15, -0.1) is 0 Å². The molecule has 0 saturated heterocycles. The first-order valence-electron chi connectivity index (χ1n) is 12.5. The Morgan fingerprint density at radius 3 is 1.69 bits per heavy atom. The third-order valence-corrected chi connectivity index (χ3v) is 5.29. The van der Waals surface area contributed by atoms with E-state index in [1.807, 2.05) is 6.92 Å². The second kappa shape index (κ2) is 21.6. The molecule has 172 valence electrons. The minimum atomic E-state index is -0.0569. The lowest BCUT2D eigenvalue weighted by molar-refractivity contribution is -0.150. The summed E-state index contributed by atoms with van der Waals surface area (Å²) >= 11 is 0. The van der Waals surface area contributed by atoms with Crippen molar-refractivity contribution in [1.82, 2.24) is 0 Å². The summed E-state index contributed by atoms with van der Waals surface area (Å²) in [7, 11) is 0. The molecule has 0 spiro atoms. The highest BCUT2D eigenvalue weighted by molar-refractivity contribution is 5.69. The molecule has 1 atom stereocenters. The quantitative estimate of drug-likeness (QED) is 0.144. The molecule has 1 unspecified atom stereocenters. The smallest absolute Gasteiger partial charge is 0.306 e. The normalized spacial score (nSPS) is 12.0. The van der Waals surface area contributed by atoms with E-state index in [1.54, 1.807) is 0 Å². The molecule has 0 aliphatic carbocycles. The maximum absolute atomic E-state index is 12.1. The van der Waals surface area contributed by atoms with E-state index in [0.29, 0.717) is 19.4 Å². The van der Waals surface area contributed by atoms with E-state index in [2.05, 4.69) is 13.8 Å². The number of ether oxygens (including phenoxy) is 2. The number of hydrogen-bond donors (Lipinski definition) is 0. The predicted octanol–water partition coefficient (Wildman–Crippen LogP) is 7.52. The minimum Gasteiger partial charge on any atom is -0.466 e. The van der Waals surface area contributed by atoms with Gasteiger partial charge in [-0.1, -0.05) is 78.6 Å². The van der Waals surface area contributed by atoms with Crippen LogP contribution in [0.15, 0.2) is 0 Å². The maximum Gasteiger partial charge on any atom is 0.306 e. The van der Waals surface area contributed by atoms with Crippen LogP contribution in [0.2, 0.25) is 0 Å². The monoisotopic (exact) mass is 412 g/mol. The zero-order valence-electron chi connectivity index (χ0n) is 19.6. The van der Waals surface area contributed by atoms with E-state index in [9.17, 15) is 9.59 Å². The average Bonchev–Trinajstić information content (AvgIpc) is 2.71. The van der Waals surface area contributed by atoms with Gasteiger partial charge in [0, 0.05) is 12.8 Å². The third kappa shape index (κ3) is 20.0. The molecule has 0 aromatic carbocycles. The molecule has 0 fully saturated rings. The van der Waals surface area contributed by atoms with Crippen LogP contribution in [0.3, 0.4) is 0 Å². The van der Waals surface area contributed by atoms with Gasteiger partial charge >= 0.3 is 11.9 Å². The molecule has 0 aromatic rings. The number of esters is 2. The average molecular weight is 413 g/mol. The first-order valence-corrected chi connectivity index (χ1v) is 12.5. The summed E-state index contributed by atoms with van der Waals surface area (Å²) in [5.74, 6) is -0.0626. The topological polar surface area (TPSA) is 52.6 Å². The highest BCUT2D eigenvalue weighted by Gasteiger charge is 2.14. The highest BCUT2D eigenvalue weighted by atomic mass is 16.5. The summed E-state index contributed by atoms with van der Waals surface area (Å²) < 4.78 is 10.9. The van der Waals surface area contributed by atoms with Crippen LogP contribution in [0.5, 0.6) is 0 Å².